The van der Waals surface area contributed by atoms with Gasteiger partial charge in [-0.2, -0.15) is 11.8 Å². The van der Waals surface area contributed by atoms with Crippen molar-refractivity contribution in [3.05, 3.63) is 70.9 Å². The highest BCUT2D eigenvalue weighted by atomic mass is 35.5. The number of halogens is 1. The molecule has 2 aromatic heterocycles. The molecule has 0 bridgehead atoms. The molecule has 180 valence electrons. The summed E-state index contributed by atoms with van der Waals surface area (Å²) in [5.74, 6) is 3.67. The van der Waals surface area contributed by atoms with E-state index in [4.69, 9.17) is 27.2 Å². The van der Waals surface area contributed by atoms with Crippen molar-refractivity contribution < 1.29 is 9.53 Å². The van der Waals surface area contributed by atoms with Crippen LogP contribution in [-0.4, -0.2) is 38.6 Å². The molecule has 35 heavy (non-hydrogen) atoms. The quantitative estimate of drug-likeness (QED) is 0.328. The molecule has 0 unspecified atom stereocenters. The van der Waals surface area contributed by atoms with E-state index in [1.54, 1.807) is 28.9 Å². The fourth-order valence-corrected chi connectivity index (χ4v) is 5.58. The van der Waals surface area contributed by atoms with Crippen LogP contribution >= 0.6 is 23.4 Å². The zero-order valence-corrected chi connectivity index (χ0v) is 20.9. The zero-order chi connectivity index (χ0) is 24.4. The van der Waals surface area contributed by atoms with E-state index in [1.807, 2.05) is 49.0 Å². The van der Waals surface area contributed by atoms with Gasteiger partial charge in [-0.25, -0.2) is 9.50 Å². The Morgan fingerprint density at radius 3 is 2.69 bits per heavy atom. The van der Waals surface area contributed by atoms with Crippen molar-refractivity contribution in [2.45, 2.75) is 19.8 Å². The number of nitrogens with one attached hydrogen (secondary N) is 1. The smallest absolute Gasteiger partial charge is 0.248 e. The molecule has 4 aromatic rings. The summed E-state index contributed by atoms with van der Waals surface area (Å²) in [6, 6.07) is 14.6. The van der Waals surface area contributed by atoms with Gasteiger partial charge >= 0.3 is 0 Å². The van der Waals surface area contributed by atoms with E-state index in [2.05, 4.69) is 10.3 Å². The minimum Gasteiger partial charge on any atom is -0.438 e. The molecule has 0 atom stereocenters. The molecular weight excluding hydrogens is 482 g/mol. The van der Waals surface area contributed by atoms with Crippen LogP contribution < -0.4 is 15.8 Å². The van der Waals surface area contributed by atoms with Gasteiger partial charge in [-0.15, -0.1) is 5.10 Å². The van der Waals surface area contributed by atoms with Crippen LogP contribution in [-0.2, 0) is 0 Å². The number of amides is 1. The molecule has 1 saturated heterocycles. The summed E-state index contributed by atoms with van der Waals surface area (Å²) in [5.41, 5.74) is 10.0. The molecule has 1 aliphatic heterocycles. The number of nitrogens with two attached hydrogens (primary N) is 1. The van der Waals surface area contributed by atoms with Crippen LogP contribution in [0.15, 0.2) is 54.7 Å². The van der Waals surface area contributed by atoms with Gasteiger partial charge in [-0.3, -0.25) is 4.79 Å². The van der Waals surface area contributed by atoms with Crippen LogP contribution in [0.5, 0.6) is 11.6 Å². The standard InChI is InChI=1S/C26H26ClN5O2S/c1-16-12-18(2-7-21(16)25(28)33)23-15-30-26-22(29-14-17-8-10-35-11-9-17)13-24(31-32(23)26)34-20-5-3-19(27)4-6-20/h2-7,12-13,15,17,29H,8-11,14H2,1H3,(H2,28,33). The highest BCUT2D eigenvalue weighted by molar-refractivity contribution is 7.99. The Bertz CT molecular complexity index is 1370. The number of aromatic nitrogens is 3. The highest BCUT2D eigenvalue weighted by Gasteiger charge is 2.18. The minimum atomic E-state index is -0.448. The van der Waals surface area contributed by atoms with E-state index < -0.39 is 5.91 Å². The molecule has 5 rings (SSSR count). The van der Waals surface area contributed by atoms with Gasteiger partial charge in [0, 0.05) is 28.8 Å². The summed E-state index contributed by atoms with van der Waals surface area (Å²) in [5, 5.41) is 8.97. The fraction of sp³-hybridized carbons (Fsp3) is 0.269. The lowest BCUT2D eigenvalue weighted by molar-refractivity contribution is 0.0999. The molecule has 7 nitrogen and oxygen atoms in total. The number of hydrogen-bond acceptors (Lipinski definition) is 6. The molecule has 3 N–H and O–H groups in total. The summed E-state index contributed by atoms with van der Waals surface area (Å²) >= 11 is 8.05. The van der Waals surface area contributed by atoms with Gasteiger partial charge in [0.1, 0.15) is 5.75 Å². The maximum Gasteiger partial charge on any atom is 0.248 e. The van der Waals surface area contributed by atoms with Crippen molar-refractivity contribution in [1.82, 2.24) is 14.6 Å². The van der Waals surface area contributed by atoms with E-state index in [1.165, 1.54) is 24.3 Å². The average molecular weight is 508 g/mol. The number of benzene rings is 2. The average Bonchev–Trinajstić information content (AvgIpc) is 3.28. The summed E-state index contributed by atoms with van der Waals surface area (Å²) in [6.07, 6.45) is 4.20. The van der Waals surface area contributed by atoms with Crippen molar-refractivity contribution in [2.24, 2.45) is 11.7 Å². The lowest BCUT2D eigenvalue weighted by atomic mass is 10.0. The van der Waals surface area contributed by atoms with Gasteiger partial charge in [0.2, 0.25) is 11.8 Å². The van der Waals surface area contributed by atoms with Crippen LogP contribution in [0.4, 0.5) is 5.69 Å². The topological polar surface area (TPSA) is 94.5 Å². The summed E-state index contributed by atoms with van der Waals surface area (Å²) in [7, 11) is 0. The molecule has 0 aliphatic carbocycles. The SMILES string of the molecule is Cc1cc(-c2cnc3c(NCC4CCSCC4)cc(Oc4ccc(Cl)cc4)nn23)ccc1C(N)=O. The Morgan fingerprint density at radius 2 is 1.97 bits per heavy atom. The zero-order valence-electron chi connectivity index (χ0n) is 19.3. The first kappa shape index (κ1) is 23.5. The predicted molar refractivity (Wildman–Crippen MR) is 142 cm³/mol. The molecule has 2 aromatic carbocycles. The normalized spacial score (nSPS) is 14.2. The minimum absolute atomic E-state index is 0.436. The number of aryl methyl sites for hydroxylation is 1. The number of rotatable bonds is 7. The number of fused-ring (bicyclic) bond motifs is 1. The van der Waals surface area contributed by atoms with Gasteiger partial charge in [-0.05, 0) is 79.2 Å². The molecule has 1 fully saturated rings. The lowest BCUT2D eigenvalue weighted by Crippen LogP contribution is -2.19. The third-order valence-electron chi connectivity index (χ3n) is 6.19. The summed E-state index contributed by atoms with van der Waals surface area (Å²) in [6.45, 7) is 2.74. The van der Waals surface area contributed by atoms with Crippen molar-refractivity contribution in [3.8, 4) is 22.9 Å². The largest absolute Gasteiger partial charge is 0.438 e. The number of nitrogens with zero attached hydrogens (tertiary/aromatic N) is 3. The maximum atomic E-state index is 11.7. The number of ether oxygens (including phenoxy) is 1. The summed E-state index contributed by atoms with van der Waals surface area (Å²) < 4.78 is 7.87. The van der Waals surface area contributed by atoms with Gasteiger partial charge in [0.15, 0.2) is 5.65 Å². The van der Waals surface area contributed by atoms with Crippen LogP contribution in [0.1, 0.15) is 28.8 Å². The number of imidazole rings is 1. The predicted octanol–water partition coefficient (Wildman–Crippen LogP) is 5.80. The Balaban J connectivity index is 1.54. The number of thioether (sulfide) groups is 1. The molecule has 0 radical (unpaired) electrons. The van der Waals surface area contributed by atoms with Crippen molar-refractivity contribution in [1.29, 1.82) is 0 Å². The number of hydrogen-bond donors (Lipinski definition) is 2. The van der Waals surface area contributed by atoms with Crippen LogP contribution in [0.2, 0.25) is 5.02 Å². The molecule has 9 heteroatoms. The number of carbonyl (C=O) groups excluding carboxylic acids is 1. The van der Waals surface area contributed by atoms with Gasteiger partial charge in [0.05, 0.1) is 17.6 Å². The van der Waals surface area contributed by atoms with Crippen molar-refractivity contribution in [2.75, 3.05) is 23.4 Å². The number of primary amides is 1. The fourth-order valence-electron chi connectivity index (χ4n) is 4.25. The third kappa shape index (κ3) is 5.23. The Kier molecular flexibility index (Phi) is 6.83. The van der Waals surface area contributed by atoms with Gasteiger partial charge in [-0.1, -0.05) is 17.7 Å². The summed E-state index contributed by atoms with van der Waals surface area (Å²) in [4.78, 5) is 16.4. The first-order valence-corrected chi connectivity index (χ1v) is 13.1. The third-order valence-corrected chi connectivity index (χ3v) is 7.49. The monoisotopic (exact) mass is 507 g/mol. The molecule has 0 spiro atoms. The second kappa shape index (κ2) is 10.2. The Hall–Kier alpha value is -3.23. The number of anilines is 1. The highest BCUT2D eigenvalue weighted by Crippen LogP contribution is 2.31. The van der Waals surface area contributed by atoms with Crippen molar-refractivity contribution in [3.63, 3.8) is 0 Å². The second-order valence-corrected chi connectivity index (χ2v) is 10.3. The Morgan fingerprint density at radius 1 is 1.20 bits per heavy atom. The maximum absolute atomic E-state index is 11.7. The second-order valence-electron chi connectivity index (χ2n) is 8.66. The van der Waals surface area contributed by atoms with E-state index in [-0.39, 0.29) is 0 Å². The van der Waals surface area contributed by atoms with E-state index >= 15 is 0 Å². The van der Waals surface area contributed by atoms with Crippen LogP contribution in [0.25, 0.3) is 16.9 Å². The molecule has 1 amide bonds. The molecule has 0 saturated carbocycles. The van der Waals surface area contributed by atoms with Crippen molar-refractivity contribution >= 4 is 40.6 Å². The van der Waals surface area contributed by atoms with E-state index in [0.29, 0.717) is 33.8 Å². The van der Waals surface area contributed by atoms with Gasteiger partial charge in [0.25, 0.3) is 0 Å². The first-order chi connectivity index (χ1) is 17.0. The van der Waals surface area contributed by atoms with Gasteiger partial charge < -0.3 is 15.8 Å². The van der Waals surface area contributed by atoms with Crippen LogP contribution in [0, 0.1) is 12.8 Å². The number of carbonyl (C=O) groups is 1. The van der Waals surface area contributed by atoms with Crippen LogP contribution in [0.3, 0.4) is 0 Å². The molecule has 1 aliphatic rings. The van der Waals surface area contributed by atoms with E-state index in [9.17, 15) is 4.79 Å². The molecule has 3 heterocycles. The Labute approximate surface area is 213 Å². The lowest BCUT2D eigenvalue weighted by Gasteiger charge is -2.22. The molecular formula is C26H26ClN5O2S. The van der Waals surface area contributed by atoms with E-state index in [0.717, 1.165) is 29.1 Å². The first-order valence-electron chi connectivity index (χ1n) is 11.5.